The SMILES string of the molecule is COC(C)(C)CC(C)NCc1ccc(F)cc1F. The van der Waals surface area contributed by atoms with Crippen molar-refractivity contribution in [3.8, 4) is 0 Å². The molecule has 1 rings (SSSR count). The van der Waals surface area contributed by atoms with E-state index in [1.54, 1.807) is 7.11 Å². The van der Waals surface area contributed by atoms with Crippen LogP contribution < -0.4 is 5.32 Å². The number of halogens is 2. The fourth-order valence-corrected chi connectivity index (χ4v) is 1.84. The van der Waals surface area contributed by atoms with E-state index in [4.69, 9.17) is 4.74 Å². The van der Waals surface area contributed by atoms with Gasteiger partial charge in [0.2, 0.25) is 0 Å². The van der Waals surface area contributed by atoms with Crippen molar-refractivity contribution >= 4 is 0 Å². The van der Waals surface area contributed by atoms with E-state index < -0.39 is 11.6 Å². The molecule has 0 saturated heterocycles. The molecule has 0 spiro atoms. The van der Waals surface area contributed by atoms with Crippen molar-refractivity contribution in [2.75, 3.05) is 7.11 Å². The fourth-order valence-electron chi connectivity index (χ4n) is 1.84. The van der Waals surface area contributed by atoms with Crippen LogP contribution in [-0.4, -0.2) is 18.8 Å². The van der Waals surface area contributed by atoms with Crippen LogP contribution in [0.2, 0.25) is 0 Å². The molecule has 1 atom stereocenters. The lowest BCUT2D eigenvalue weighted by atomic mass is 9.99. The topological polar surface area (TPSA) is 21.3 Å². The minimum absolute atomic E-state index is 0.185. The van der Waals surface area contributed by atoms with Gasteiger partial charge in [-0.2, -0.15) is 0 Å². The summed E-state index contributed by atoms with van der Waals surface area (Å²) in [5, 5.41) is 3.21. The predicted molar refractivity (Wildman–Crippen MR) is 68.4 cm³/mol. The fraction of sp³-hybridized carbons (Fsp3) is 0.571. The quantitative estimate of drug-likeness (QED) is 0.844. The third-order valence-electron chi connectivity index (χ3n) is 3.01. The van der Waals surface area contributed by atoms with E-state index in [-0.39, 0.29) is 11.6 Å². The minimum Gasteiger partial charge on any atom is -0.379 e. The summed E-state index contributed by atoms with van der Waals surface area (Å²) >= 11 is 0. The first-order chi connectivity index (χ1) is 8.34. The van der Waals surface area contributed by atoms with Crippen LogP contribution in [0.1, 0.15) is 32.8 Å². The Balaban J connectivity index is 2.50. The van der Waals surface area contributed by atoms with Gasteiger partial charge in [-0.3, -0.25) is 0 Å². The molecule has 1 N–H and O–H groups in total. The number of benzene rings is 1. The predicted octanol–water partition coefficient (Wildman–Crippen LogP) is 3.26. The first kappa shape index (κ1) is 15.1. The maximum absolute atomic E-state index is 13.4. The lowest BCUT2D eigenvalue weighted by molar-refractivity contribution is 0.00843. The van der Waals surface area contributed by atoms with Gasteiger partial charge >= 0.3 is 0 Å². The van der Waals surface area contributed by atoms with Crippen molar-refractivity contribution in [1.29, 1.82) is 0 Å². The van der Waals surface area contributed by atoms with Gasteiger partial charge < -0.3 is 10.1 Å². The monoisotopic (exact) mass is 257 g/mol. The van der Waals surface area contributed by atoms with Crippen molar-refractivity contribution in [3.05, 3.63) is 35.4 Å². The van der Waals surface area contributed by atoms with Crippen LogP contribution in [0, 0.1) is 11.6 Å². The van der Waals surface area contributed by atoms with E-state index in [2.05, 4.69) is 5.32 Å². The van der Waals surface area contributed by atoms with Crippen molar-refractivity contribution in [2.24, 2.45) is 0 Å². The van der Waals surface area contributed by atoms with Crippen molar-refractivity contribution in [1.82, 2.24) is 5.32 Å². The number of hydrogen-bond donors (Lipinski definition) is 1. The Morgan fingerprint density at radius 3 is 2.56 bits per heavy atom. The molecule has 0 fully saturated rings. The Hall–Kier alpha value is -1.00. The molecule has 0 amide bonds. The maximum Gasteiger partial charge on any atom is 0.130 e. The molecule has 0 saturated carbocycles. The van der Waals surface area contributed by atoms with E-state index >= 15 is 0 Å². The maximum atomic E-state index is 13.4. The van der Waals surface area contributed by atoms with E-state index in [1.165, 1.54) is 12.1 Å². The largest absolute Gasteiger partial charge is 0.379 e. The van der Waals surface area contributed by atoms with Crippen LogP contribution in [0.15, 0.2) is 18.2 Å². The van der Waals surface area contributed by atoms with Crippen LogP contribution in [0.3, 0.4) is 0 Å². The first-order valence-corrected chi connectivity index (χ1v) is 6.06. The Labute approximate surface area is 107 Å². The van der Waals surface area contributed by atoms with Crippen LogP contribution in [-0.2, 0) is 11.3 Å². The van der Waals surface area contributed by atoms with Crippen LogP contribution >= 0.6 is 0 Å². The third kappa shape index (κ3) is 4.70. The van der Waals surface area contributed by atoms with Gasteiger partial charge in [0.1, 0.15) is 11.6 Å². The summed E-state index contributed by atoms with van der Waals surface area (Å²) in [6.07, 6.45) is 0.812. The molecule has 102 valence electrons. The summed E-state index contributed by atoms with van der Waals surface area (Å²) in [7, 11) is 1.67. The Morgan fingerprint density at radius 2 is 2.00 bits per heavy atom. The molecular weight excluding hydrogens is 236 g/mol. The molecule has 0 aromatic heterocycles. The molecule has 1 unspecified atom stereocenters. The number of hydrogen-bond acceptors (Lipinski definition) is 2. The van der Waals surface area contributed by atoms with E-state index in [9.17, 15) is 8.78 Å². The zero-order chi connectivity index (χ0) is 13.8. The molecule has 0 heterocycles. The number of rotatable bonds is 6. The summed E-state index contributed by atoms with van der Waals surface area (Å²) in [6.45, 7) is 6.41. The van der Waals surface area contributed by atoms with Crippen molar-refractivity contribution in [2.45, 2.75) is 45.4 Å². The highest BCUT2D eigenvalue weighted by molar-refractivity contribution is 5.18. The normalized spacial score (nSPS) is 13.7. The molecule has 0 aliphatic heterocycles. The second-order valence-electron chi connectivity index (χ2n) is 5.19. The number of methoxy groups -OCH3 is 1. The standard InChI is InChI=1S/C14H21F2NO/c1-10(8-14(2,3)18-4)17-9-11-5-6-12(15)7-13(11)16/h5-7,10,17H,8-9H2,1-4H3. The molecule has 2 nitrogen and oxygen atoms in total. The van der Waals surface area contributed by atoms with Gasteiger partial charge in [0, 0.05) is 31.3 Å². The number of ether oxygens (including phenoxy) is 1. The van der Waals surface area contributed by atoms with Gasteiger partial charge in [0.25, 0.3) is 0 Å². The lowest BCUT2D eigenvalue weighted by Gasteiger charge is -2.27. The van der Waals surface area contributed by atoms with Gasteiger partial charge in [-0.25, -0.2) is 8.78 Å². The molecule has 18 heavy (non-hydrogen) atoms. The van der Waals surface area contributed by atoms with Crippen molar-refractivity contribution < 1.29 is 13.5 Å². The molecule has 1 aromatic rings. The zero-order valence-corrected chi connectivity index (χ0v) is 11.4. The van der Waals surface area contributed by atoms with Crippen LogP contribution in [0.5, 0.6) is 0 Å². The molecule has 0 radical (unpaired) electrons. The molecular formula is C14H21F2NO. The molecule has 1 aromatic carbocycles. The number of nitrogens with one attached hydrogen (secondary N) is 1. The average Bonchev–Trinajstić information content (AvgIpc) is 2.27. The highest BCUT2D eigenvalue weighted by Gasteiger charge is 2.19. The minimum atomic E-state index is -0.551. The average molecular weight is 257 g/mol. The van der Waals surface area contributed by atoms with Gasteiger partial charge in [0.05, 0.1) is 5.60 Å². The molecule has 4 heteroatoms. The second kappa shape index (κ2) is 6.25. The molecule has 0 bridgehead atoms. The Bertz CT molecular complexity index is 393. The van der Waals surface area contributed by atoms with E-state index in [0.717, 1.165) is 12.5 Å². The third-order valence-corrected chi connectivity index (χ3v) is 3.01. The second-order valence-corrected chi connectivity index (χ2v) is 5.19. The summed E-state index contributed by atoms with van der Waals surface area (Å²) in [4.78, 5) is 0. The summed E-state index contributed by atoms with van der Waals surface area (Å²) < 4.78 is 31.5. The highest BCUT2D eigenvalue weighted by atomic mass is 19.1. The molecule has 0 aliphatic rings. The zero-order valence-electron chi connectivity index (χ0n) is 11.4. The van der Waals surface area contributed by atoms with Crippen LogP contribution in [0.25, 0.3) is 0 Å². The van der Waals surface area contributed by atoms with Gasteiger partial charge in [-0.05, 0) is 33.3 Å². The molecule has 0 aliphatic carbocycles. The summed E-state index contributed by atoms with van der Waals surface area (Å²) in [6, 6.07) is 3.82. The highest BCUT2D eigenvalue weighted by Crippen LogP contribution is 2.16. The summed E-state index contributed by atoms with van der Waals surface area (Å²) in [5.41, 5.74) is 0.256. The lowest BCUT2D eigenvalue weighted by Crippen LogP contribution is -2.35. The van der Waals surface area contributed by atoms with Gasteiger partial charge in [0.15, 0.2) is 0 Å². The van der Waals surface area contributed by atoms with Crippen LogP contribution in [0.4, 0.5) is 8.78 Å². The first-order valence-electron chi connectivity index (χ1n) is 6.06. The summed E-state index contributed by atoms with van der Waals surface area (Å²) in [5.74, 6) is -1.06. The van der Waals surface area contributed by atoms with E-state index in [1.807, 2.05) is 20.8 Å². The van der Waals surface area contributed by atoms with Gasteiger partial charge in [-0.1, -0.05) is 6.07 Å². The van der Waals surface area contributed by atoms with E-state index in [0.29, 0.717) is 12.1 Å². The van der Waals surface area contributed by atoms with Gasteiger partial charge in [-0.15, -0.1) is 0 Å². The Kier molecular flexibility index (Phi) is 5.23. The smallest absolute Gasteiger partial charge is 0.130 e. The van der Waals surface area contributed by atoms with Crippen molar-refractivity contribution in [3.63, 3.8) is 0 Å². The Morgan fingerprint density at radius 1 is 1.33 bits per heavy atom.